The molecule has 0 amide bonds. The van der Waals surface area contributed by atoms with Crippen molar-refractivity contribution in [3.8, 4) is 11.8 Å². The molecular formula is C14H11NO. The van der Waals surface area contributed by atoms with Gasteiger partial charge in [0.1, 0.15) is 6.29 Å². The van der Waals surface area contributed by atoms with E-state index in [9.17, 15) is 4.79 Å². The van der Waals surface area contributed by atoms with Gasteiger partial charge in [-0.05, 0) is 24.6 Å². The summed E-state index contributed by atoms with van der Waals surface area (Å²) in [6.07, 6.45) is 2.86. The molecule has 16 heavy (non-hydrogen) atoms. The molecule has 0 N–H and O–H groups in total. The van der Waals surface area contributed by atoms with E-state index >= 15 is 0 Å². The van der Waals surface area contributed by atoms with Gasteiger partial charge >= 0.3 is 0 Å². The minimum atomic E-state index is 0.277. The van der Waals surface area contributed by atoms with Gasteiger partial charge < -0.3 is 4.79 Å². The fraction of sp³-hybridized carbons (Fsp3) is 0.143. The van der Waals surface area contributed by atoms with Gasteiger partial charge in [-0.2, -0.15) is 0 Å². The van der Waals surface area contributed by atoms with Gasteiger partial charge in [-0.3, -0.25) is 4.98 Å². The molecule has 0 bridgehead atoms. The Hall–Kier alpha value is -2.14. The zero-order chi connectivity index (χ0) is 11.4. The Bertz CT molecular complexity index is 590. The molecule has 2 heteroatoms. The predicted octanol–water partition coefficient (Wildman–Crippen LogP) is 2.48. The summed E-state index contributed by atoms with van der Waals surface area (Å²) in [5.41, 5.74) is 2.98. The molecule has 0 aliphatic rings. The van der Waals surface area contributed by atoms with Crippen molar-refractivity contribution in [2.24, 2.45) is 0 Å². The summed E-state index contributed by atoms with van der Waals surface area (Å²) >= 11 is 0. The predicted molar refractivity (Wildman–Crippen MR) is 64.0 cm³/mol. The fourth-order valence-corrected chi connectivity index (χ4v) is 1.61. The van der Waals surface area contributed by atoms with Crippen molar-refractivity contribution in [1.82, 2.24) is 4.98 Å². The number of aromatic nitrogens is 1. The van der Waals surface area contributed by atoms with Crippen molar-refractivity contribution < 1.29 is 4.79 Å². The number of carbonyl (C=O) groups excluding carboxylic acids is 1. The zero-order valence-corrected chi connectivity index (χ0v) is 9.03. The topological polar surface area (TPSA) is 30.0 Å². The Morgan fingerprint density at radius 1 is 1.38 bits per heavy atom. The highest BCUT2D eigenvalue weighted by atomic mass is 16.1. The maximum absolute atomic E-state index is 10.2. The molecule has 0 aliphatic carbocycles. The lowest BCUT2D eigenvalue weighted by Gasteiger charge is -2.02. The molecular weight excluding hydrogens is 198 g/mol. The molecule has 0 saturated carbocycles. The molecule has 0 atom stereocenters. The molecule has 1 aromatic heterocycles. The van der Waals surface area contributed by atoms with Crippen LogP contribution < -0.4 is 0 Å². The van der Waals surface area contributed by atoms with Gasteiger partial charge in [0.2, 0.25) is 0 Å². The maximum atomic E-state index is 10.2. The first-order chi connectivity index (χ1) is 7.83. The van der Waals surface area contributed by atoms with E-state index < -0.39 is 0 Å². The lowest BCUT2D eigenvalue weighted by Crippen LogP contribution is -1.87. The molecule has 1 aromatic carbocycles. The molecule has 78 valence electrons. The quantitative estimate of drug-likeness (QED) is 0.533. The average molecular weight is 209 g/mol. The summed E-state index contributed by atoms with van der Waals surface area (Å²) in [4.78, 5) is 14.5. The van der Waals surface area contributed by atoms with Crippen LogP contribution in [0.4, 0.5) is 0 Å². The van der Waals surface area contributed by atoms with E-state index in [-0.39, 0.29) is 6.42 Å². The normalized spacial score (nSPS) is 9.56. The van der Waals surface area contributed by atoms with Crippen molar-refractivity contribution in [3.05, 3.63) is 41.6 Å². The Morgan fingerprint density at radius 2 is 2.25 bits per heavy atom. The number of benzene rings is 1. The van der Waals surface area contributed by atoms with Crippen molar-refractivity contribution >= 4 is 17.2 Å². The monoisotopic (exact) mass is 209 g/mol. The van der Waals surface area contributed by atoms with E-state index in [2.05, 4.69) is 16.8 Å². The molecule has 0 radical (unpaired) electrons. The molecule has 0 spiro atoms. The van der Waals surface area contributed by atoms with Gasteiger partial charge in [0.25, 0.3) is 0 Å². The first-order valence-electron chi connectivity index (χ1n) is 5.10. The van der Waals surface area contributed by atoms with Crippen molar-refractivity contribution in [2.45, 2.75) is 13.3 Å². The third-order valence-electron chi connectivity index (χ3n) is 2.44. The van der Waals surface area contributed by atoms with Crippen molar-refractivity contribution in [3.63, 3.8) is 0 Å². The van der Waals surface area contributed by atoms with Crippen molar-refractivity contribution in [1.29, 1.82) is 0 Å². The smallest absolute Gasteiger partial charge is 0.131 e. The molecule has 0 unspecified atom stereocenters. The second kappa shape index (κ2) is 4.59. The number of hydrogen-bond acceptors (Lipinski definition) is 2. The molecule has 0 saturated heterocycles. The molecule has 2 aromatic rings. The van der Waals surface area contributed by atoms with E-state index in [1.54, 1.807) is 6.20 Å². The minimum absolute atomic E-state index is 0.277. The summed E-state index contributed by atoms with van der Waals surface area (Å²) in [6, 6.07) is 7.91. The fourth-order valence-electron chi connectivity index (χ4n) is 1.61. The van der Waals surface area contributed by atoms with Gasteiger partial charge in [0.15, 0.2) is 0 Å². The molecule has 1 heterocycles. The van der Waals surface area contributed by atoms with Crippen LogP contribution in [-0.2, 0) is 4.79 Å². The SMILES string of the molecule is Cc1c(C#CCC=O)ccc2cccnc12. The van der Waals surface area contributed by atoms with E-state index in [0.717, 1.165) is 28.3 Å². The van der Waals surface area contributed by atoms with Gasteiger partial charge in [0.05, 0.1) is 11.9 Å². The van der Waals surface area contributed by atoms with E-state index in [0.29, 0.717) is 0 Å². The summed E-state index contributed by atoms with van der Waals surface area (Å²) in [7, 11) is 0. The highest BCUT2D eigenvalue weighted by molar-refractivity contribution is 5.83. The molecule has 0 fully saturated rings. The number of carbonyl (C=O) groups is 1. The summed E-state index contributed by atoms with van der Waals surface area (Å²) in [5, 5.41) is 1.11. The standard InChI is InChI=1S/C14H11NO/c1-11-12(5-2-3-10-16)7-8-13-6-4-9-15-14(11)13/h4,6-10H,3H2,1H3. The minimum Gasteiger partial charge on any atom is -0.302 e. The van der Waals surface area contributed by atoms with Crippen LogP contribution in [0.5, 0.6) is 0 Å². The van der Waals surface area contributed by atoms with Crippen LogP contribution in [0.15, 0.2) is 30.5 Å². The third kappa shape index (κ3) is 1.94. The Kier molecular flexibility index (Phi) is 2.98. The van der Waals surface area contributed by atoms with Crippen LogP contribution in [0, 0.1) is 18.8 Å². The second-order valence-corrected chi connectivity index (χ2v) is 3.49. The maximum Gasteiger partial charge on any atom is 0.131 e. The molecule has 0 aliphatic heterocycles. The van der Waals surface area contributed by atoms with Crippen LogP contribution in [-0.4, -0.2) is 11.3 Å². The Morgan fingerprint density at radius 3 is 3.06 bits per heavy atom. The summed E-state index contributed by atoms with van der Waals surface area (Å²) < 4.78 is 0. The van der Waals surface area contributed by atoms with E-state index in [1.807, 2.05) is 31.2 Å². The third-order valence-corrected chi connectivity index (χ3v) is 2.44. The van der Waals surface area contributed by atoms with Crippen LogP contribution in [0.25, 0.3) is 10.9 Å². The number of hydrogen-bond donors (Lipinski definition) is 0. The van der Waals surface area contributed by atoms with Gasteiger partial charge in [0, 0.05) is 17.1 Å². The lowest BCUT2D eigenvalue weighted by molar-refractivity contribution is -0.107. The number of pyridine rings is 1. The van der Waals surface area contributed by atoms with Crippen LogP contribution in [0.1, 0.15) is 17.5 Å². The summed E-state index contributed by atoms with van der Waals surface area (Å²) in [6.45, 7) is 2.00. The van der Waals surface area contributed by atoms with Crippen molar-refractivity contribution in [2.75, 3.05) is 0 Å². The number of fused-ring (bicyclic) bond motifs is 1. The zero-order valence-electron chi connectivity index (χ0n) is 9.03. The van der Waals surface area contributed by atoms with Gasteiger partial charge in [-0.1, -0.05) is 24.0 Å². The first-order valence-corrected chi connectivity index (χ1v) is 5.10. The van der Waals surface area contributed by atoms with Crippen LogP contribution >= 0.6 is 0 Å². The van der Waals surface area contributed by atoms with Gasteiger partial charge in [-0.15, -0.1) is 0 Å². The number of nitrogens with zero attached hydrogens (tertiary/aromatic N) is 1. The molecule has 2 rings (SSSR count). The lowest BCUT2D eigenvalue weighted by atomic mass is 10.0. The Labute approximate surface area is 94.3 Å². The number of rotatable bonds is 1. The van der Waals surface area contributed by atoms with E-state index in [4.69, 9.17) is 0 Å². The van der Waals surface area contributed by atoms with Crippen LogP contribution in [0.3, 0.4) is 0 Å². The second-order valence-electron chi connectivity index (χ2n) is 3.49. The number of aldehydes is 1. The highest BCUT2D eigenvalue weighted by Crippen LogP contribution is 2.18. The largest absolute Gasteiger partial charge is 0.302 e. The van der Waals surface area contributed by atoms with E-state index in [1.165, 1.54) is 0 Å². The highest BCUT2D eigenvalue weighted by Gasteiger charge is 2.01. The van der Waals surface area contributed by atoms with Gasteiger partial charge in [-0.25, -0.2) is 0 Å². The summed E-state index contributed by atoms with van der Waals surface area (Å²) in [5.74, 6) is 5.80. The van der Waals surface area contributed by atoms with Crippen LogP contribution in [0.2, 0.25) is 0 Å². The average Bonchev–Trinajstić information content (AvgIpc) is 2.33. The first kappa shape index (κ1) is 10.4. The Balaban J connectivity index is 2.53. The molecule has 2 nitrogen and oxygen atoms in total. The number of aryl methyl sites for hydroxylation is 1.